The summed E-state index contributed by atoms with van der Waals surface area (Å²) < 4.78 is 0. The minimum Gasteiger partial charge on any atom is -0.372 e. The van der Waals surface area contributed by atoms with E-state index >= 15 is 0 Å². The molecule has 0 radical (unpaired) electrons. The monoisotopic (exact) mass is 597 g/mol. The van der Waals surface area contributed by atoms with Gasteiger partial charge in [0.05, 0.1) is 6.67 Å². The van der Waals surface area contributed by atoms with Gasteiger partial charge in [-0.05, 0) is 51.1 Å². The van der Waals surface area contributed by atoms with Gasteiger partial charge in [0.15, 0.2) is 6.17 Å². The molecule has 0 saturated heterocycles. The first-order chi connectivity index (χ1) is 22.7. The zero-order valence-corrected chi connectivity index (χ0v) is 25.7. The topological polar surface area (TPSA) is 74.8 Å². The number of benzene rings is 6. The van der Waals surface area contributed by atoms with Gasteiger partial charge in [-0.3, -0.25) is 0 Å². The maximum Gasteiger partial charge on any atom is 0.169 e. The summed E-state index contributed by atoms with van der Waals surface area (Å²) in [5, 5.41) is 9.13. The van der Waals surface area contributed by atoms with Crippen LogP contribution in [0.4, 0.5) is 0 Å². The molecule has 0 aromatic heterocycles. The lowest BCUT2D eigenvalue weighted by Crippen LogP contribution is -2.35. The van der Waals surface area contributed by atoms with E-state index in [0.29, 0.717) is 6.67 Å². The molecule has 4 N–H and O–H groups in total. The van der Waals surface area contributed by atoms with Gasteiger partial charge in [-0.1, -0.05) is 152 Å². The molecule has 0 bridgehead atoms. The Morgan fingerprint density at radius 3 is 1.59 bits per heavy atom. The van der Waals surface area contributed by atoms with Crippen LogP contribution in [0.15, 0.2) is 162 Å². The molecule has 0 saturated carbocycles. The first-order valence-electron chi connectivity index (χ1n) is 15.6. The average molecular weight is 598 g/mol. The van der Waals surface area contributed by atoms with Gasteiger partial charge in [-0.2, -0.15) is 0 Å². The molecular formula is C41H35N5. The SMILES string of the molecule is C/C=C(\NCN)c1ccc(-c2cccc3c(-c4ccc(C5N=C(c6ccccc6)NC(c6ccccc6)=N5)cc4)cccc23)cc1. The highest BCUT2D eigenvalue weighted by atomic mass is 15.2. The molecule has 5 heteroatoms. The van der Waals surface area contributed by atoms with Crippen LogP contribution in [0.25, 0.3) is 38.7 Å². The molecular weight excluding hydrogens is 562 g/mol. The summed E-state index contributed by atoms with van der Waals surface area (Å²) in [5.74, 6) is 1.63. The molecule has 7 rings (SSSR count). The molecule has 0 spiro atoms. The van der Waals surface area contributed by atoms with Crippen LogP contribution < -0.4 is 16.4 Å². The van der Waals surface area contributed by atoms with E-state index in [1.54, 1.807) is 0 Å². The first-order valence-corrected chi connectivity index (χ1v) is 15.6. The fourth-order valence-corrected chi connectivity index (χ4v) is 6.04. The number of fused-ring (bicyclic) bond motifs is 1. The maximum absolute atomic E-state index is 5.72. The number of allylic oxidation sites excluding steroid dienone is 1. The third kappa shape index (κ3) is 5.84. The molecule has 1 heterocycles. The largest absolute Gasteiger partial charge is 0.372 e. The number of amidine groups is 2. The van der Waals surface area contributed by atoms with E-state index in [-0.39, 0.29) is 6.17 Å². The second kappa shape index (κ2) is 13.1. The van der Waals surface area contributed by atoms with Gasteiger partial charge in [0, 0.05) is 16.8 Å². The standard InChI is InChI=1S/C41H35N5/c1-2-38(43-27-42)30-23-19-28(20-24-30)34-15-9-18-37-35(16-10-17-36(34)37)29-21-25-33(26-22-29)41-45-39(31-11-5-3-6-12-31)44-40(46-41)32-13-7-4-8-14-32/h2-26,41,43H,27,42H2,1H3,(H,44,45,46)/b38-2-. The third-order valence-electron chi connectivity index (χ3n) is 8.36. The second-order valence-electron chi connectivity index (χ2n) is 11.2. The zero-order valence-electron chi connectivity index (χ0n) is 25.7. The van der Waals surface area contributed by atoms with E-state index in [4.69, 9.17) is 15.7 Å². The highest BCUT2D eigenvalue weighted by Crippen LogP contribution is 2.36. The summed E-state index contributed by atoms with van der Waals surface area (Å²) in [6.07, 6.45) is 1.69. The third-order valence-corrected chi connectivity index (χ3v) is 8.36. The Morgan fingerprint density at radius 2 is 1.11 bits per heavy atom. The summed E-state index contributed by atoms with van der Waals surface area (Å²) in [6, 6.07) is 50.9. The van der Waals surface area contributed by atoms with Crippen molar-refractivity contribution in [3.8, 4) is 22.3 Å². The Balaban J connectivity index is 1.22. The van der Waals surface area contributed by atoms with Crippen LogP contribution in [0.5, 0.6) is 0 Å². The van der Waals surface area contributed by atoms with Crippen LogP contribution in [0.2, 0.25) is 0 Å². The van der Waals surface area contributed by atoms with Crippen LogP contribution in [0, 0.1) is 0 Å². The smallest absolute Gasteiger partial charge is 0.169 e. The van der Waals surface area contributed by atoms with Gasteiger partial charge in [-0.15, -0.1) is 0 Å². The molecule has 0 unspecified atom stereocenters. The molecule has 224 valence electrons. The van der Waals surface area contributed by atoms with Crippen LogP contribution in [0.3, 0.4) is 0 Å². The number of hydrogen-bond donors (Lipinski definition) is 3. The van der Waals surface area contributed by atoms with Crippen molar-refractivity contribution in [1.29, 1.82) is 0 Å². The maximum atomic E-state index is 5.72. The van der Waals surface area contributed by atoms with Crippen molar-refractivity contribution in [2.24, 2.45) is 15.7 Å². The number of rotatable bonds is 8. The number of nitrogens with two attached hydrogens (primary N) is 1. The lowest BCUT2D eigenvalue weighted by molar-refractivity contribution is 0.756. The Labute approximate surface area is 269 Å². The highest BCUT2D eigenvalue weighted by Gasteiger charge is 2.20. The molecule has 1 aliphatic rings. The summed E-state index contributed by atoms with van der Waals surface area (Å²) in [4.78, 5) is 10.1. The van der Waals surface area contributed by atoms with Gasteiger partial charge >= 0.3 is 0 Å². The van der Waals surface area contributed by atoms with E-state index in [1.165, 1.54) is 27.5 Å². The summed E-state index contributed by atoms with van der Waals surface area (Å²) in [6.45, 7) is 2.41. The number of nitrogens with one attached hydrogen (secondary N) is 2. The number of nitrogens with zero attached hydrogens (tertiary/aromatic N) is 2. The first kappa shape index (κ1) is 29.0. The van der Waals surface area contributed by atoms with Crippen molar-refractivity contribution in [1.82, 2.24) is 10.6 Å². The highest BCUT2D eigenvalue weighted by molar-refractivity contribution is 6.15. The Hall–Kier alpha value is -5.78. The van der Waals surface area contributed by atoms with Gasteiger partial charge < -0.3 is 16.4 Å². The molecule has 46 heavy (non-hydrogen) atoms. The van der Waals surface area contributed by atoms with Crippen LogP contribution in [0.1, 0.15) is 35.3 Å². The second-order valence-corrected chi connectivity index (χ2v) is 11.2. The van der Waals surface area contributed by atoms with Crippen molar-refractivity contribution in [3.63, 3.8) is 0 Å². The molecule has 0 amide bonds. The molecule has 6 aromatic carbocycles. The molecule has 6 aromatic rings. The van der Waals surface area contributed by atoms with Crippen LogP contribution in [-0.4, -0.2) is 18.3 Å². The van der Waals surface area contributed by atoms with Crippen molar-refractivity contribution < 1.29 is 0 Å². The van der Waals surface area contributed by atoms with Crippen molar-refractivity contribution in [2.75, 3.05) is 6.67 Å². The predicted molar refractivity (Wildman–Crippen MR) is 192 cm³/mol. The number of hydrogen-bond acceptors (Lipinski definition) is 5. The quantitative estimate of drug-likeness (QED) is 0.154. The minimum atomic E-state index is -0.356. The fourth-order valence-electron chi connectivity index (χ4n) is 6.04. The van der Waals surface area contributed by atoms with Crippen molar-refractivity contribution in [3.05, 3.63) is 174 Å². The molecule has 1 aliphatic heterocycles. The molecule has 0 fully saturated rings. The molecule has 0 atom stereocenters. The van der Waals surface area contributed by atoms with E-state index in [9.17, 15) is 0 Å². The predicted octanol–water partition coefficient (Wildman–Crippen LogP) is 8.54. The van der Waals surface area contributed by atoms with Crippen molar-refractivity contribution >= 4 is 28.1 Å². The van der Waals surface area contributed by atoms with Crippen LogP contribution in [-0.2, 0) is 0 Å². The Morgan fingerprint density at radius 1 is 0.609 bits per heavy atom. The van der Waals surface area contributed by atoms with E-state index in [2.05, 4.69) is 120 Å². The lowest BCUT2D eigenvalue weighted by Gasteiger charge is -2.22. The van der Waals surface area contributed by atoms with Gasteiger partial charge in [0.25, 0.3) is 0 Å². The Bertz CT molecular complexity index is 2010. The molecule has 0 aliphatic carbocycles. The fraction of sp³-hybridized carbons (Fsp3) is 0.0732. The molecule has 5 nitrogen and oxygen atoms in total. The number of aliphatic imine (C=N–C) groups is 2. The van der Waals surface area contributed by atoms with E-state index < -0.39 is 0 Å². The Kier molecular flexibility index (Phi) is 8.23. The van der Waals surface area contributed by atoms with Crippen LogP contribution >= 0.6 is 0 Å². The summed E-state index contributed by atoms with van der Waals surface area (Å²) in [7, 11) is 0. The van der Waals surface area contributed by atoms with Gasteiger partial charge in [-0.25, -0.2) is 9.98 Å². The van der Waals surface area contributed by atoms with Crippen molar-refractivity contribution in [2.45, 2.75) is 13.1 Å². The average Bonchev–Trinajstić information content (AvgIpc) is 3.14. The van der Waals surface area contributed by atoms with E-state index in [1.807, 2.05) is 49.4 Å². The summed E-state index contributed by atoms with van der Waals surface area (Å²) in [5.41, 5.74) is 15.7. The van der Waals surface area contributed by atoms with Gasteiger partial charge in [0.1, 0.15) is 11.7 Å². The lowest BCUT2D eigenvalue weighted by atomic mass is 9.92. The van der Waals surface area contributed by atoms with E-state index in [0.717, 1.165) is 45.2 Å². The van der Waals surface area contributed by atoms with Gasteiger partial charge in [0.2, 0.25) is 0 Å². The normalized spacial score (nSPS) is 13.6. The zero-order chi connectivity index (χ0) is 31.3. The minimum absolute atomic E-state index is 0.356. The summed E-state index contributed by atoms with van der Waals surface area (Å²) >= 11 is 0.